The Hall–Kier alpha value is -1.71. The Balaban J connectivity index is 2.13. The van der Waals surface area contributed by atoms with E-state index in [0.29, 0.717) is 17.6 Å². The average molecular weight is 247 g/mol. The second-order valence-corrected chi connectivity index (χ2v) is 5.74. The van der Waals surface area contributed by atoms with Gasteiger partial charge in [0.2, 0.25) is 0 Å². The van der Waals surface area contributed by atoms with Gasteiger partial charge in [0.05, 0.1) is 0 Å². The molecule has 0 bridgehead atoms. The number of anilines is 2. The first kappa shape index (κ1) is 12.7. The monoisotopic (exact) mass is 247 g/mol. The van der Waals surface area contributed by atoms with Gasteiger partial charge in [-0.15, -0.1) is 0 Å². The summed E-state index contributed by atoms with van der Waals surface area (Å²) in [5, 5.41) is 3.26. The summed E-state index contributed by atoms with van der Waals surface area (Å²) in [5.41, 5.74) is 8.16. The molecule has 0 aliphatic rings. The fraction of sp³-hybridized carbons (Fsp3) is 0.500. The zero-order valence-corrected chi connectivity index (χ0v) is 11.4. The second kappa shape index (κ2) is 4.52. The van der Waals surface area contributed by atoms with Crippen molar-refractivity contribution in [2.45, 2.75) is 27.7 Å². The summed E-state index contributed by atoms with van der Waals surface area (Å²) >= 11 is 0. The molecule has 0 aliphatic heterocycles. The molecule has 0 unspecified atom stereocenters. The van der Waals surface area contributed by atoms with Crippen LogP contribution in [0, 0.1) is 11.3 Å². The number of benzene rings is 1. The smallest absolute Gasteiger partial charge is 0.295 e. The molecule has 0 atom stereocenters. The third-order valence-corrected chi connectivity index (χ3v) is 3.67. The second-order valence-electron chi connectivity index (χ2n) is 5.74. The van der Waals surface area contributed by atoms with E-state index in [0.717, 1.165) is 17.6 Å². The molecule has 0 spiro atoms. The van der Waals surface area contributed by atoms with Crippen molar-refractivity contribution in [3.05, 3.63) is 18.2 Å². The minimum atomic E-state index is 0.194. The molecule has 1 aromatic carbocycles. The molecule has 0 saturated carbocycles. The quantitative estimate of drug-likeness (QED) is 0.811. The molecule has 3 N–H and O–H groups in total. The van der Waals surface area contributed by atoms with Gasteiger partial charge in [0.15, 0.2) is 5.58 Å². The first-order valence-corrected chi connectivity index (χ1v) is 6.28. The van der Waals surface area contributed by atoms with Crippen molar-refractivity contribution >= 4 is 22.8 Å². The maximum absolute atomic E-state index is 5.71. The summed E-state index contributed by atoms with van der Waals surface area (Å²) in [6.45, 7) is 9.71. The van der Waals surface area contributed by atoms with Gasteiger partial charge in [0.25, 0.3) is 6.01 Å². The number of oxazole rings is 1. The van der Waals surface area contributed by atoms with Crippen LogP contribution in [0.3, 0.4) is 0 Å². The molecule has 0 saturated heterocycles. The van der Waals surface area contributed by atoms with Gasteiger partial charge in [-0.25, -0.2) is 0 Å². The topological polar surface area (TPSA) is 64.1 Å². The molecule has 0 aliphatic carbocycles. The predicted octanol–water partition coefficient (Wildman–Crippen LogP) is 3.50. The summed E-state index contributed by atoms with van der Waals surface area (Å²) in [6, 6.07) is 6.04. The first-order valence-electron chi connectivity index (χ1n) is 6.28. The van der Waals surface area contributed by atoms with Gasteiger partial charge in [0.1, 0.15) is 5.52 Å². The van der Waals surface area contributed by atoms with E-state index in [2.05, 4.69) is 38.0 Å². The van der Waals surface area contributed by atoms with Crippen LogP contribution in [0.2, 0.25) is 0 Å². The predicted molar refractivity (Wildman–Crippen MR) is 75.5 cm³/mol. The van der Waals surface area contributed by atoms with Crippen molar-refractivity contribution in [3.8, 4) is 0 Å². The van der Waals surface area contributed by atoms with Crippen molar-refractivity contribution in [3.63, 3.8) is 0 Å². The van der Waals surface area contributed by atoms with E-state index >= 15 is 0 Å². The zero-order chi connectivity index (χ0) is 13.3. The highest BCUT2D eigenvalue weighted by Gasteiger charge is 2.22. The number of rotatable bonds is 4. The van der Waals surface area contributed by atoms with Crippen LogP contribution in [0.25, 0.3) is 11.1 Å². The number of aromatic nitrogens is 1. The van der Waals surface area contributed by atoms with Crippen LogP contribution in [0.5, 0.6) is 0 Å². The molecule has 1 aromatic heterocycles. The summed E-state index contributed by atoms with van der Waals surface area (Å²) in [5.74, 6) is 0.588. The third kappa shape index (κ3) is 2.58. The molecule has 4 heteroatoms. The van der Waals surface area contributed by atoms with Crippen molar-refractivity contribution in [2.75, 3.05) is 17.6 Å². The first-order chi connectivity index (χ1) is 8.38. The summed E-state index contributed by atoms with van der Waals surface area (Å²) in [6.07, 6.45) is 0. The lowest BCUT2D eigenvalue weighted by Crippen LogP contribution is -2.28. The van der Waals surface area contributed by atoms with Gasteiger partial charge < -0.3 is 15.5 Å². The molecule has 2 aromatic rings. The number of hydrogen-bond donors (Lipinski definition) is 2. The largest absolute Gasteiger partial charge is 0.424 e. The van der Waals surface area contributed by atoms with Crippen LogP contribution in [0.15, 0.2) is 22.6 Å². The maximum Gasteiger partial charge on any atom is 0.295 e. The third-order valence-electron chi connectivity index (χ3n) is 3.67. The zero-order valence-electron chi connectivity index (χ0n) is 11.4. The number of nitrogens with zero attached hydrogens (tertiary/aromatic N) is 1. The minimum absolute atomic E-state index is 0.194. The fourth-order valence-corrected chi connectivity index (χ4v) is 1.53. The van der Waals surface area contributed by atoms with Gasteiger partial charge in [-0.2, -0.15) is 4.98 Å². The highest BCUT2D eigenvalue weighted by atomic mass is 16.4. The number of nitrogens with one attached hydrogen (secondary N) is 1. The van der Waals surface area contributed by atoms with Gasteiger partial charge in [-0.3, -0.25) is 0 Å². The molecule has 0 radical (unpaired) electrons. The van der Waals surface area contributed by atoms with E-state index in [-0.39, 0.29) is 5.41 Å². The Morgan fingerprint density at radius 2 is 2.11 bits per heavy atom. The highest BCUT2D eigenvalue weighted by molar-refractivity contribution is 5.78. The van der Waals surface area contributed by atoms with Crippen LogP contribution < -0.4 is 11.1 Å². The molecule has 4 nitrogen and oxygen atoms in total. The summed E-state index contributed by atoms with van der Waals surface area (Å²) in [7, 11) is 0. The molecule has 1 heterocycles. The van der Waals surface area contributed by atoms with Crippen molar-refractivity contribution in [1.82, 2.24) is 4.98 Å². The molecule has 18 heavy (non-hydrogen) atoms. The van der Waals surface area contributed by atoms with Crippen LogP contribution in [-0.2, 0) is 0 Å². The van der Waals surface area contributed by atoms with Crippen LogP contribution in [-0.4, -0.2) is 11.5 Å². The molecule has 0 fully saturated rings. The van der Waals surface area contributed by atoms with E-state index in [1.807, 2.05) is 18.2 Å². The standard InChI is InChI=1S/C14H21N3O/c1-9(2)14(3,4)8-16-13-17-11-7-10(15)5-6-12(11)18-13/h5-7,9H,8,15H2,1-4H3,(H,16,17). The Kier molecular flexibility index (Phi) is 3.20. The van der Waals surface area contributed by atoms with Crippen LogP contribution >= 0.6 is 0 Å². The Morgan fingerprint density at radius 1 is 1.39 bits per heavy atom. The van der Waals surface area contributed by atoms with Crippen LogP contribution in [0.1, 0.15) is 27.7 Å². The van der Waals surface area contributed by atoms with Crippen molar-refractivity contribution in [1.29, 1.82) is 0 Å². The fourth-order valence-electron chi connectivity index (χ4n) is 1.53. The number of hydrogen-bond acceptors (Lipinski definition) is 4. The normalized spacial score (nSPS) is 12.3. The Labute approximate surface area is 108 Å². The number of nitrogen functional groups attached to an aromatic ring is 1. The van der Waals surface area contributed by atoms with Gasteiger partial charge in [-0.1, -0.05) is 27.7 Å². The lowest BCUT2D eigenvalue weighted by Gasteiger charge is -2.28. The van der Waals surface area contributed by atoms with Crippen LogP contribution in [0.4, 0.5) is 11.7 Å². The van der Waals surface area contributed by atoms with E-state index in [1.54, 1.807) is 0 Å². The summed E-state index contributed by atoms with van der Waals surface area (Å²) < 4.78 is 5.62. The Morgan fingerprint density at radius 3 is 2.78 bits per heavy atom. The van der Waals surface area contributed by atoms with E-state index in [4.69, 9.17) is 10.2 Å². The van der Waals surface area contributed by atoms with E-state index in [9.17, 15) is 0 Å². The average Bonchev–Trinajstić information content (AvgIpc) is 2.68. The molecule has 2 rings (SSSR count). The molecule has 98 valence electrons. The molecular weight excluding hydrogens is 226 g/mol. The lowest BCUT2D eigenvalue weighted by molar-refractivity contribution is 0.268. The molecular formula is C14H21N3O. The lowest BCUT2D eigenvalue weighted by atomic mass is 9.81. The Bertz CT molecular complexity index is 543. The highest BCUT2D eigenvalue weighted by Crippen LogP contribution is 2.27. The van der Waals surface area contributed by atoms with Gasteiger partial charge in [0, 0.05) is 12.2 Å². The summed E-state index contributed by atoms with van der Waals surface area (Å²) in [4.78, 5) is 4.38. The SMILES string of the molecule is CC(C)C(C)(C)CNc1nc2cc(N)ccc2o1. The van der Waals surface area contributed by atoms with Crippen molar-refractivity contribution in [2.24, 2.45) is 11.3 Å². The number of fused-ring (bicyclic) bond motifs is 1. The van der Waals surface area contributed by atoms with Gasteiger partial charge in [-0.05, 0) is 29.5 Å². The minimum Gasteiger partial charge on any atom is -0.424 e. The number of nitrogens with two attached hydrogens (primary N) is 1. The maximum atomic E-state index is 5.71. The van der Waals surface area contributed by atoms with E-state index in [1.165, 1.54) is 0 Å². The van der Waals surface area contributed by atoms with E-state index < -0.39 is 0 Å². The molecule has 0 amide bonds. The van der Waals surface area contributed by atoms with Gasteiger partial charge >= 0.3 is 0 Å². The van der Waals surface area contributed by atoms with Crippen molar-refractivity contribution < 1.29 is 4.42 Å².